The number of ether oxygens (including phenoxy) is 2. The Kier molecular flexibility index (Phi) is 5.64. The zero-order valence-corrected chi connectivity index (χ0v) is 10.5. The molecular weight excluding hydrogens is 232 g/mol. The maximum absolute atomic E-state index is 11.3. The summed E-state index contributed by atoms with van der Waals surface area (Å²) in [6.45, 7) is 2.14. The molecule has 18 heavy (non-hydrogen) atoms. The minimum absolute atomic E-state index is 0.264. The predicted molar refractivity (Wildman–Crippen MR) is 67.7 cm³/mol. The van der Waals surface area contributed by atoms with Crippen molar-refractivity contribution in [3.8, 4) is 5.75 Å². The summed E-state index contributed by atoms with van der Waals surface area (Å²) in [5, 5.41) is 0. The second kappa shape index (κ2) is 7.27. The summed E-state index contributed by atoms with van der Waals surface area (Å²) in [4.78, 5) is 21.9. The highest BCUT2D eigenvalue weighted by Crippen LogP contribution is 2.12. The van der Waals surface area contributed by atoms with E-state index in [1.807, 2.05) is 6.92 Å². The topological polar surface area (TPSA) is 52.6 Å². The highest BCUT2D eigenvalue weighted by Gasteiger charge is 2.06. The molecule has 0 fully saturated rings. The van der Waals surface area contributed by atoms with Crippen LogP contribution in [0.25, 0.3) is 0 Å². The van der Waals surface area contributed by atoms with Gasteiger partial charge >= 0.3 is 5.97 Å². The highest BCUT2D eigenvalue weighted by atomic mass is 16.5. The molecule has 0 aliphatic heterocycles. The van der Waals surface area contributed by atoms with Crippen LogP contribution in [0.4, 0.5) is 0 Å². The molecule has 4 nitrogen and oxygen atoms in total. The minimum Gasteiger partial charge on any atom is -0.489 e. The van der Waals surface area contributed by atoms with E-state index in [-0.39, 0.29) is 12.6 Å². The number of carbonyl (C=O) groups excluding carboxylic acids is 2. The molecule has 0 aliphatic rings. The summed E-state index contributed by atoms with van der Waals surface area (Å²) in [5.74, 6) is 0.249. The van der Waals surface area contributed by atoms with Gasteiger partial charge in [-0.3, -0.25) is 4.79 Å². The fourth-order valence-corrected chi connectivity index (χ4v) is 1.42. The second-order valence-corrected chi connectivity index (χ2v) is 3.58. The summed E-state index contributed by atoms with van der Waals surface area (Å²) in [7, 11) is 1.35. The third-order valence-corrected chi connectivity index (χ3v) is 2.40. The lowest BCUT2D eigenvalue weighted by atomic mass is 10.2. The summed E-state index contributed by atoms with van der Waals surface area (Å²) in [5.41, 5.74) is 1.13. The molecule has 0 radical (unpaired) electrons. The zero-order chi connectivity index (χ0) is 13.4. The largest absolute Gasteiger partial charge is 0.489 e. The van der Waals surface area contributed by atoms with Gasteiger partial charge in [0.15, 0.2) is 0 Å². The standard InChI is InChI=1S/C14H16O4/c1-3-12(14(16)17-2)7-8-18-13-6-4-5-11(9-13)10-15/h4-7,9-10H,3,8H2,1-2H3. The van der Waals surface area contributed by atoms with Gasteiger partial charge in [0.1, 0.15) is 18.6 Å². The van der Waals surface area contributed by atoms with Crippen LogP contribution in [-0.4, -0.2) is 26.0 Å². The lowest BCUT2D eigenvalue weighted by Crippen LogP contribution is -2.06. The second-order valence-electron chi connectivity index (χ2n) is 3.58. The number of hydrogen-bond donors (Lipinski definition) is 0. The van der Waals surface area contributed by atoms with Gasteiger partial charge in [-0.05, 0) is 24.6 Å². The van der Waals surface area contributed by atoms with Crippen molar-refractivity contribution in [2.24, 2.45) is 0 Å². The maximum atomic E-state index is 11.3. The van der Waals surface area contributed by atoms with E-state index in [2.05, 4.69) is 4.74 Å². The van der Waals surface area contributed by atoms with Gasteiger partial charge in [-0.25, -0.2) is 4.79 Å². The first kappa shape index (κ1) is 14.0. The van der Waals surface area contributed by atoms with E-state index in [0.29, 0.717) is 23.3 Å². The van der Waals surface area contributed by atoms with Gasteiger partial charge in [-0.15, -0.1) is 0 Å². The Morgan fingerprint density at radius 1 is 1.39 bits per heavy atom. The first-order chi connectivity index (χ1) is 8.71. The van der Waals surface area contributed by atoms with Gasteiger partial charge in [0.05, 0.1) is 7.11 Å². The number of aldehydes is 1. The average molecular weight is 248 g/mol. The lowest BCUT2D eigenvalue weighted by molar-refractivity contribution is -0.136. The Morgan fingerprint density at radius 2 is 2.17 bits per heavy atom. The van der Waals surface area contributed by atoms with Crippen LogP contribution in [0.1, 0.15) is 23.7 Å². The summed E-state index contributed by atoms with van der Waals surface area (Å²) < 4.78 is 10.1. The monoisotopic (exact) mass is 248 g/mol. The van der Waals surface area contributed by atoms with Crippen molar-refractivity contribution in [1.82, 2.24) is 0 Å². The van der Waals surface area contributed by atoms with Crippen LogP contribution in [-0.2, 0) is 9.53 Å². The Balaban J connectivity index is 2.61. The number of benzene rings is 1. The van der Waals surface area contributed by atoms with Crippen LogP contribution >= 0.6 is 0 Å². The quantitative estimate of drug-likeness (QED) is 0.440. The molecule has 0 saturated heterocycles. The molecule has 0 N–H and O–H groups in total. The molecule has 0 heterocycles. The van der Waals surface area contributed by atoms with Crippen LogP contribution in [0.5, 0.6) is 5.75 Å². The van der Waals surface area contributed by atoms with E-state index in [1.165, 1.54) is 7.11 Å². The molecule has 4 heteroatoms. The Hall–Kier alpha value is -2.10. The molecule has 1 aromatic carbocycles. The lowest BCUT2D eigenvalue weighted by Gasteiger charge is -2.05. The summed E-state index contributed by atoms with van der Waals surface area (Å²) in [6, 6.07) is 6.83. The van der Waals surface area contributed by atoms with Crippen molar-refractivity contribution in [2.45, 2.75) is 13.3 Å². The van der Waals surface area contributed by atoms with E-state index in [4.69, 9.17) is 4.74 Å². The van der Waals surface area contributed by atoms with Crippen LogP contribution < -0.4 is 4.74 Å². The Labute approximate surface area is 106 Å². The molecule has 0 atom stereocenters. The van der Waals surface area contributed by atoms with Crippen molar-refractivity contribution in [3.05, 3.63) is 41.5 Å². The first-order valence-electron chi connectivity index (χ1n) is 5.66. The van der Waals surface area contributed by atoms with E-state index in [0.717, 1.165) is 6.29 Å². The third-order valence-electron chi connectivity index (χ3n) is 2.40. The summed E-state index contributed by atoms with van der Waals surface area (Å²) in [6.07, 6.45) is 3.03. The molecule has 1 aromatic rings. The van der Waals surface area contributed by atoms with Crippen molar-refractivity contribution in [2.75, 3.05) is 13.7 Å². The Morgan fingerprint density at radius 3 is 2.78 bits per heavy atom. The van der Waals surface area contributed by atoms with Crippen LogP contribution in [0.3, 0.4) is 0 Å². The fraction of sp³-hybridized carbons (Fsp3) is 0.286. The molecular formula is C14H16O4. The van der Waals surface area contributed by atoms with E-state index in [9.17, 15) is 9.59 Å². The van der Waals surface area contributed by atoms with Crippen molar-refractivity contribution in [3.63, 3.8) is 0 Å². The van der Waals surface area contributed by atoms with Gasteiger partial charge in [0, 0.05) is 11.1 Å². The van der Waals surface area contributed by atoms with Gasteiger partial charge < -0.3 is 9.47 Å². The molecule has 0 amide bonds. The predicted octanol–water partition coefficient (Wildman–Crippen LogP) is 2.39. The van der Waals surface area contributed by atoms with Gasteiger partial charge in [-0.2, -0.15) is 0 Å². The molecule has 0 aromatic heterocycles. The van der Waals surface area contributed by atoms with Crippen molar-refractivity contribution in [1.29, 1.82) is 0 Å². The summed E-state index contributed by atoms with van der Waals surface area (Å²) >= 11 is 0. The zero-order valence-electron chi connectivity index (χ0n) is 10.5. The van der Waals surface area contributed by atoms with Crippen molar-refractivity contribution >= 4 is 12.3 Å². The first-order valence-corrected chi connectivity index (χ1v) is 5.66. The molecule has 96 valence electrons. The van der Waals surface area contributed by atoms with Crippen molar-refractivity contribution < 1.29 is 19.1 Å². The SMILES string of the molecule is CCC(=CCOc1cccc(C=O)c1)C(=O)OC. The smallest absolute Gasteiger partial charge is 0.333 e. The van der Waals surface area contributed by atoms with Crippen LogP contribution in [0.2, 0.25) is 0 Å². The van der Waals surface area contributed by atoms with Crippen LogP contribution in [0.15, 0.2) is 35.9 Å². The molecule has 0 bridgehead atoms. The normalized spacial score (nSPS) is 10.9. The number of esters is 1. The maximum Gasteiger partial charge on any atom is 0.333 e. The molecule has 0 saturated carbocycles. The average Bonchev–Trinajstić information content (AvgIpc) is 2.43. The van der Waals surface area contributed by atoms with E-state index >= 15 is 0 Å². The van der Waals surface area contributed by atoms with Gasteiger partial charge in [-0.1, -0.05) is 19.1 Å². The molecule has 0 aliphatic carbocycles. The number of carbonyl (C=O) groups is 2. The van der Waals surface area contributed by atoms with Crippen LogP contribution in [0, 0.1) is 0 Å². The molecule has 1 rings (SSSR count). The molecule has 0 unspecified atom stereocenters. The fourth-order valence-electron chi connectivity index (χ4n) is 1.42. The highest BCUT2D eigenvalue weighted by molar-refractivity contribution is 5.88. The molecule has 0 spiro atoms. The number of rotatable bonds is 6. The third kappa shape index (κ3) is 4.05. The Bertz CT molecular complexity index is 449. The minimum atomic E-state index is -0.345. The van der Waals surface area contributed by atoms with E-state index < -0.39 is 0 Å². The van der Waals surface area contributed by atoms with Gasteiger partial charge in [0.2, 0.25) is 0 Å². The van der Waals surface area contributed by atoms with Gasteiger partial charge in [0.25, 0.3) is 0 Å². The number of hydrogen-bond acceptors (Lipinski definition) is 4. The number of methoxy groups -OCH3 is 1. The van der Waals surface area contributed by atoms with E-state index in [1.54, 1.807) is 30.3 Å².